The highest BCUT2D eigenvalue weighted by atomic mass is 19.3. The minimum absolute atomic E-state index is 0.0401. The molecule has 1 unspecified atom stereocenters. The highest BCUT2D eigenvalue weighted by Gasteiger charge is 2.37. The van der Waals surface area contributed by atoms with Crippen LogP contribution in [0.4, 0.5) is 8.78 Å². The number of allylic oxidation sites excluding steroid dienone is 7. The van der Waals surface area contributed by atoms with Crippen molar-refractivity contribution < 1.29 is 23.8 Å². The first kappa shape index (κ1) is 23.2. The quantitative estimate of drug-likeness (QED) is 0.248. The molecule has 0 radical (unpaired) electrons. The van der Waals surface area contributed by atoms with Crippen molar-refractivity contribution in [2.45, 2.75) is 70.3 Å². The summed E-state index contributed by atoms with van der Waals surface area (Å²) in [6.45, 7) is 2.13. The Morgan fingerprint density at radius 3 is 2.32 bits per heavy atom. The van der Waals surface area contributed by atoms with Crippen LogP contribution in [0, 0.1) is 0 Å². The molecule has 0 rings (SSSR count). The zero-order valence-corrected chi connectivity index (χ0v) is 14.9. The Morgan fingerprint density at radius 1 is 1.04 bits per heavy atom. The van der Waals surface area contributed by atoms with Crippen molar-refractivity contribution in [2.75, 3.05) is 0 Å². The molecule has 0 aromatic heterocycles. The molecule has 0 aromatic carbocycles. The highest BCUT2D eigenvalue weighted by Crippen LogP contribution is 2.20. The molecule has 0 aromatic rings. The first-order valence-corrected chi connectivity index (χ1v) is 8.82. The molecular weight excluding hydrogens is 326 g/mol. The second-order valence-electron chi connectivity index (χ2n) is 5.84. The SMILES string of the molecule is CCCCCC(O)/C=C/C=C\C/C=C\C/C=C\CCC(F)(F)C(=O)O. The summed E-state index contributed by atoms with van der Waals surface area (Å²) in [5, 5.41) is 17.9. The largest absolute Gasteiger partial charge is 0.477 e. The van der Waals surface area contributed by atoms with Crippen molar-refractivity contribution in [3.05, 3.63) is 48.6 Å². The van der Waals surface area contributed by atoms with Crippen molar-refractivity contribution >= 4 is 5.97 Å². The third-order valence-electron chi connectivity index (χ3n) is 3.50. The lowest BCUT2D eigenvalue weighted by Gasteiger charge is -2.08. The summed E-state index contributed by atoms with van der Waals surface area (Å²) < 4.78 is 25.6. The predicted molar refractivity (Wildman–Crippen MR) is 97.8 cm³/mol. The van der Waals surface area contributed by atoms with Gasteiger partial charge in [0.2, 0.25) is 0 Å². The standard InChI is InChI=1S/C20H30F2O3/c1-2-3-12-15-18(23)16-13-10-8-6-4-5-7-9-11-14-17-20(21,22)19(24)25/h4-5,8-11,13,16,18,23H,2-3,6-7,12,14-15,17H2,1H3,(H,24,25)/b5-4-,10-8-,11-9-,16-13+. The van der Waals surface area contributed by atoms with E-state index in [1.165, 1.54) is 0 Å². The number of carbonyl (C=O) groups is 1. The van der Waals surface area contributed by atoms with Crippen LogP contribution in [-0.2, 0) is 4.79 Å². The summed E-state index contributed by atoms with van der Waals surface area (Å²) >= 11 is 0. The molecule has 0 saturated carbocycles. The van der Waals surface area contributed by atoms with Gasteiger partial charge in [-0.1, -0.05) is 74.8 Å². The number of carboxylic acid groups (broad SMARTS) is 1. The average molecular weight is 356 g/mol. The number of alkyl halides is 2. The van der Waals surface area contributed by atoms with Crippen molar-refractivity contribution in [3.63, 3.8) is 0 Å². The molecule has 0 amide bonds. The van der Waals surface area contributed by atoms with Gasteiger partial charge >= 0.3 is 11.9 Å². The van der Waals surface area contributed by atoms with Gasteiger partial charge in [-0.05, 0) is 25.7 Å². The van der Waals surface area contributed by atoms with E-state index < -0.39 is 18.3 Å². The first-order valence-electron chi connectivity index (χ1n) is 8.82. The molecule has 0 aliphatic heterocycles. The zero-order chi connectivity index (χ0) is 19.0. The van der Waals surface area contributed by atoms with Crippen LogP contribution in [0.25, 0.3) is 0 Å². The van der Waals surface area contributed by atoms with Crippen LogP contribution in [0.5, 0.6) is 0 Å². The fourth-order valence-corrected chi connectivity index (χ4v) is 1.98. The lowest BCUT2D eigenvalue weighted by Crippen LogP contribution is -2.27. The van der Waals surface area contributed by atoms with Crippen LogP contribution in [0.1, 0.15) is 58.3 Å². The van der Waals surface area contributed by atoms with E-state index in [1.807, 2.05) is 30.4 Å². The van der Waals surface area contributed by atoms with E-state index in [0.29, 0.717) is 6.42 Å². The second-order valence-corrected chi connectivity index (χ2v) is 5.84. The number of hydrogen-bond donors (Lipinski definition) is 2. The molecule has 0 aliphatic carbocycles. The van der Waals surface area contributed by atoms with Gasteiger partial charge in [0.15, 0.2) is 0 Å². The highest BCUT2D eigenvalue weighted by molar-refractivity contribution is 5.75. The normalized spacial score (nSPS) is 14.4. The number of carboxylic acids is 1. The minimum Gasteiger partial charge on any atom is -0.477 e. The summed E-state index contributed by atoms with van der Waals surface area (Å²) in [6.07, 6.45) is 19.1. The van der Waals surface area contributed by atoms with Crippen LogP contribution in [0.15, 0.2) is 48.6 Å². The smallest absolute Gasteiger partial charge is 0.374 e. The number of aliphatic hydroxyl groups is 1. The second kappa shape index (κ2) is 14.6. The van der Waals surface area contributed by atoms with Crippen LogP contribution in [0.2, 0.25) is 0 Å². The monoisotopic (exact) mass is 356 g/mol. The number of unbranched alkanes of at least 4 members (excludes halogenated alkanes) is 2. The molecule has 25 heavy (non-hydrogen) atoms. The van der Waals surface area contributed by atoms with Gasteiger partial charge in [0.05, 0.1) is 6.10 Å². The number of aliphatic hydroxyl groups excluding tert-OH is 1. The lowest BCUT2D eigenvalue weighted by molar-refractivity contribution is -0.165. The Bertz CT molecular complexity index is 466. The van der Waals surface area contributed by atoms with E-state index in [0.717, 1.165) is 32.1 Å². The van der Waals surface area contributed by atoms with Gasteiger partial charge in [-0.2, -0.15) is 8.78 Å². The Morgan fingerprint density at radius 2 is 1.68 bits per heavy atom. The molecule has 2 N–H and O–H groups in total. The molecular formula is C20H30F2O3. The summed E-state index contributed by atoms with van der Waals surface area (Å²) in [5.74, 6) is -5.72. The topological polar surface area (TPSA) is 57.5 Å². The molecule has 0 fully saturated rings. The van der Waals surface area contributed by atoms with Crippen molar-refractivity contribution in [3.8, 4) is 0 Å². The first-order chi connectivity index (χ1) is 11.9. The molecule has 0 heterocycles. The van der Waals surface area contributed by atoms with Gasteiger partial charge in [-0.25, -0.2) is 4.79 Å². The molecule has 1 atom stereocenters. The average Bonchev–Trinajstić information content (AvgIpc) is 2.55. The van der Waals surface area contributed by atoms with Crippen LogP contribution in [-0.4, -0.2) is 28.2 Å². The van der Waals surface area contributed by atoms with Crippen LogP contribution in [0.3, 0.4) is 0 Å². The molecule has 142 valence electrons. The Kier molecular flexibility index (Phi) is 13.6. The van der Waals surface area contributed by atoms with E-state index in [1.54, 1.807) is 18.2 Å². The van der Waals surface area contributed by atoms with Gasteiger partial charge in [0.25, 0.3) is 0 Å². The fraction of sp³-hybridized carbons (Fsp3) is 0.550. The number of rotatable bonds is 14. The Balaban J connectivity index is 3.75. The van der Waals surface area contributed by atoms with Crippen LogP contribution >= 0.6 is 0 Å². The Labute approximate surface area is 149 Å². The third kappa shape index (κ3) is 14.3. The maximum absolute atomic E-state index is 12.8. The van der Waals surface area contributed by atoms with E-state index in [-0.39, 0.29) is 12.5 Å². The number of aliphatic carboxylic acids is 1. The van der Waals surface area contributed by atoms with E-state index in [2.05, 4.69) is 6.92 Å². The van der Waals surface area contributed by atoms with Crippen molar-refractivity contribution in [1.82, 2.24) is 0 Å². The molecule has 0 bridgehead atoms. The van der Waals surface area contributed by atoms with Gasteiger partial charge in [-0.3, -0.25) is 0 Å². The molecule has 0 saturated heterocycles. The third-order valence-corrected chi connectivity index (χ3v) is 3.50. The van der Waals surface area contributed by atoms with Crippen molar-refractivity contribution in [2.24, 2.45) is 0 Å². The van der Waals surface area contributed by atoms with Gasteiger partial charge < -0.3 is 10.2 Å². The number of hydrogen-bond acceptors (Lipinski definition) is 2. The lowest BCUT2D eigenvalue weighted by atomic mass is 10.1. The van der Waals surface area contributed by atoms with Gasteiger partial charge in [0, 0.05) is 6.42 Å². The maximum atomic E-state index is 12.8. The predicted octanol–water partition coefficient (Wildman–Crippen LogP) is 5.43. The minimum atomic E-state index is -3.65. The molecule has 0 spiro atoms. The van der Waals surface area contributed by atoms with E-state index in [9.17, 15) is 18.7 Å². The molecule has 0 aliphatic rings. The summed E-state index contributed by atoms with van der Waals surface area (Å²) in [5.41, 5.74) is 0. The van der Waals surface area contributed by atoms with E-state index >= 15 is 0 Å². The van der Waals surface area contributed by atoms with Crippen LogP contribution < -0.4 is 0 Å². The summed E-state index contributed by atoms with van der Waals surface area (Å²) in [7, 11) is 0. The van der Waals surface area contributed by atoms with E-state index in [4.69, 9.17) is 5.11 Å². The summed E-state index contributed by atoms with van der Waals surface area (Å²) in [6, 6.07) is 0. The fourth-order valence-electron chi connectivity index (χ4n) is 1.98. The maximum Gasteiger partial charge on any atom is 0.374 e. The molecule has 5 heteroatoms. The van der Waals surface area contributed by atoms with Gasteiger partial charge in [0.1, 0.15) is 0 Å². The zero-order valence-electron chi connectivity index (χ0n) is 14.9. The number of halogens is 2. The van der Waals surface area contributed by atoms with Gasteiger partial charge in [-0.15, -0.1) is 0 Å². The molecule has 3 nitrogen and oxygen atoms in total. The van der Waals surface area contributed by atoms with Crippen molar-refractivity contribution in [1.29, 1.82) is 0 Å². The Hall–Kier alpha value is -1.75. The summed E-state index contributed by atoms with van der Waals surface area (Å²) in [4.78, 5) is 10.2.